The van der Waals surface area contributed by atoms with Gasteiger partial charge in [0.2, 0.25) is 0 Å². The van der Waals surface area contributed by atoms with Gasteiger partial charge in [-0.05, 0) is 24.8 Å². The number of carbonyl (C=O) groups excluding carboxylic acids is 1. The van der Waals surface area contributed by atoms with Crippen LogP contribution < -0.4 is 5.32 Å². The van der Waals surface area contributed by atoms with Gasteiger partial charge in [0.05, 0.1) is 7.05 Å². The topological polar surface area (TPSA) is 77.2 Å². The van der Waals surface area contributed by atoms with Crippen LogP contribution in [0, 0.1) is 10.1 Å². The van der Waals surface area contributed by atoms with Crippen molar-refractivity contribution in [2.45, 2.75) is 19.9 Å². The molecule has 0 aromatic carbocycles. The normalized spacial score (nSPS) is 10.4. The number of nitro groups is 1. The first kappa shape index (κ1) is 11.2. The van der Waals surface area contributed by atoms with Crippen LogP contribution in [0.1, 0.15) is 24.3 Å². The smallest absolute Gasteiger partial charge is 0.323 e. The molecular weight excluding hydrogens is 198 g/mol. The van der Waals surface area contributed by atoms with Gasteiger partial charge in [-0.3, -0.25) is 4.79 Å². The van der Waals surface area contributed by atoms with Gasteiger partial charge in [0.25, 0.3) is 5.91 Å². The second kappa shape index (κ2) is 4.12. The molecule has 1 amide bonds. The summed E-state index contributed by atoms with van der Waals surface area (Å²) in [5.74, 6) is -0.399. The molecule has 1 aromatic heterocycles. The number of rotatable bonds is 3. The average molecular weight is 211 g/mol. The lowest BCUT2D eigenvalue weighted by Gasteiger charge is -2.06. The van der Waals surface area contributed by atoms with Crippen LogP contribution >= 0.6 is 0 Å². The van der Waals surface area contributed by atoms with Gasteiger partial charge in [0.15, 0.2) is 5.69 Å². The Hall–Kier alpha value is -1.85. The van der Waals surface area contributed by atoms with Gasteiger partial charge in [-0.25, -0.2) is 4.57 Å². The number of nitrogens with zero attached hydrogens (tertiary/aromatic N) is 2. The minimum atomic E-state index is -0.522. The average Bonchev–Trinajstić information content (AvgIpc) is 2.45. The molecule has 82 valence electrons. The van der Waals surface area contributed by atoms with Gasteiger partial charge in [-0.2, -0.15) is 0 Å². The highest BCUT2D eigenvalue weighted by Crippen LogP contribution is 2.14. The zero-order valence-corrected chi connectivity index (χ0v) is 8.85. The van der Waals surface area contributed by atoms with Crippen LogP contribution in [0.2, 0.25) is 0 Å². The van der Waals surface area contributed by atoms with E-state index in [1.165, 1.54) is 23.7 Å². The molecule has 0 atom stereocenters. The fourth-order valence-corrected chi connectivity index (χ4v) is 1.25. The van der Waals surface area contributed by atoms with Crippen molar-refractivity contribution in [1.82, 2.24) is 9.88 Å². The minimum Gasteiger partial charge on any atom is -0.358 e. The van der Waals surface area contributed by atoms with Crippen LogP contribution in [0.25, 0.3) is 0 Å². The first-order valence-corrected chi connectivity index (χ1v) is 4.54. The number of nitrogens with one attached hydrogen (secondary N) is 1. The van der Waals surface area contributed by atoms with Crippen molar-refractivity contribution in [3.63, 3.8) is 0 Å². The van der Waals surface area contributed by atoms with E-state index < -0.39 is 4.92 Å². The maximum Gasteiger partial charge on any atom is 0.323 e. The molecule has 0 aliphatic carbocycles. The van der Waals surface area contributed by atoms with Crippen molar-refractivity contribution in [2.24, 2.45) is 7.05 Å². The third kappa shape index (κ3) is 2.34. The van der Waals surface area contributed by atoms with Gasteiger partial charge in [0, 0.05) is 12.1 Å². The Bertz CT molecular complexity index is 395. The number of aromatic nitrogens is 1. The van der Waals surface area contributed by atoms with E-state index in [4.69, 9.17) is 0 Å². The van der Waals surface area contributed by atoms with E-state index in [9.17, 15) is 14.9 Å². The number of hydrogen-bond donors (Lipinski definition) is 1. The quantitative estimate of drug-likeness (QED) is 0.600. The zero-order chi connectivity index (χ0) is 11.6. The molecule has 6 nitrogen and oxygen atoms in total. The van der Waals surface area contributed by atoms with Gasteiger partial charge < -0.3 is 15.4 Å². The summed E-state index contributed by atoms with van der Waals surface area (Å²) >= 11 is 0. The third-order valence-electron chi connectivity index (χ3n) is 1.93. The molecule has 0 saturated carbocycles. The van der Waals surface area contributed by atoms with Crippen molar-refractivity contribution in [1.29, 1.82) is 0 Å². The van der Waals surface area contributed by atoms with Crippen molar-refractivity contribution < 1.29 is 9.72 Å². The Morgan fingerprint density at radius 2 is 2.13 bits per heavy atom. The molecule has 0 aliphatic heterocycles. The summed E-state index contributed by atoms with van der Waals surface area (Å²) in [5.41, 5.74) is 0.287. The van der Waals surface area contributed by atoms with Crippen LogP contribution in [0.15, 0.2) is 12.1 Å². The second-order valence-electron chi connectivity index (χ2n) is 3.52. The summed E-state index contributed by atoms with van der Waals surface area (Å²) < 4.78 is 1.26. The van der Waals surface area contributed by atoms with E-state index in [2.05, 4.69) is 5.32 Å². The zero-order valence-electron chi connectivity index (χ0n) is 8.85. The highest BCUT2D eigenvalue weighted by Gasteiger charge is 2.20. The first-order valence-electron chi connectivity index (χ1n) is 4.54. The van der Waals surface area contributed by atoms with Crippen LogP contribution in [0.3, 0.4) is 0 Å². The largest absolute Gasteiger partial charge is 0.358 e. The molecule has 1 heterocycles. The highest BCUT2D eigenvalue weighted by atomic mass is 16.6. The van der Waals surface area contributed by atoms with Crippen molar-refractivity contribution in [3.05, 3.63) is 27.9 Å². The summed E-state index contributed by atoms with van der Waals surface area (Å²) in [7, 11) is 1.49. The SMILES string of the molecule is CC(C)NC(=O)c1ccc([N+](=O)[O-])n1C. The monoisotopic (exact) mass is 211 g/mol. The maximum absolute atomic E-state index is 11.6. The molecule has 6 heteroatoms. The highest BCUT2D eigenvalue weighted by molar-refractivity contribution is 5.93. The molecule has 0 radical (unpaired) electrons. The first-order chi connectivity index (χ1) is 6.93. The lowest BCUT2D eigenvalue weighted by atomic mass is 10.3. The van der Waals surface area contributed by atoms with Gasteiger partial charge in [-0.15, -0.1) is 0 Å². The molecule has 0 bridgehead atoms. The molecule has 1 aromatic rings. The molecule has 0 fully saturated rings. The fourth-order valence-electron chi connectivity index (χ4n) is 1.25. The second-order valence-corrected chi connectivity index (χ2v) is 3.52. The molecule has 15 heavy (non-hydrogen) atoms. The predicted octanol–water partition coefficient (Wildman–Crippen LogP) is 1.07. The van der Waals surface area contributed by atoms with Crippen molar-refractivity contribution >= 4 is 11.7 Å². The maximum atomic E-state index is 11.6. The van der Waals surface area contributed by atoms with Gasteiger partial charge in [0.1, 0.15) is 0 Å². The van der Waals surface area contributed by atoms with E-state index >= 15 is 0 Å². The summed E-state index contributed by atoms with van der Waals surface area (Å²) in [6, 6.07) is 2.76. The molecule has 0 aliphatic rings. The van der Waals surface area contributed by atoms with E-state index in [1.54, 1.807) is 0 Å². The number of hydrogen-bond acceptors (Lipinski definition) is 3. The number of carbonyl (C=O) groups is 1. The molecule has 0 unspecified atom stereocenters. The minimum absolute atomic E-state index is 0.00598. The molecular formula is C9H13N3O3. The molecule has 0 spiro atoms. The van der Waals surface area contributed by atoms with Crippen molar-refractivity contribution in [2.75, 3.05) is 0 Å². The Labute approximate surface area is 87.0 Å². The lowest BCUT2D eigenvalue weighted by molar-refractivity contribution is -0.391. The Morgan fingerprint density at radius 1 is 1.53 bits per heavy atom. The molecule has 1 rings (SSSR count). The van der Waals surface area contributed by atoms with Crippen LogP contribution in [-0.4, -0.2) is 21.4 Å². The van der Waals surface area contributed by atoms with Gasteiger partial charge >= 0.3 is 5.82 Å². The lowest BCUT2D eigenvalue weighted by Crippen LogP contribution is -2.31. The Morgan fingerprint density at radius 3 is 2.53 bits per heavy atom. The van der Waals surface area contributed by atoms with E-state index in [0.717, 1.165) is 0 Å². The Balaban J connectivity index is 2.96. The van der Waals surface area contributed by atoms with Gasteiger partial charge in [-0.1, -0.05) is 0 Å². The Kier molecular flexibility index (Phi) is 3.08. The predicted molar refractivity (Wildman–Crippen MR) is 54.7 cm³/mol. The summed E-state index contributed by atoms with van der Waals surface area (Å²) in [6.07, 6.45) is 0. The molecule has 0 saturated heterocycles. The van der Waals surface area contributed by atoms with Crippen LogP contribution in [0.5, 0.6) is 0 Å². The summed E-state index contributed by atoms with van der Waals surface area (Å²) in [5, 5.41) is 13.2. The van der Waals surface area contributed by atoms with Crippen LogP contribution in [0.4, 0.5) is 5.82 Å². The summed E-state index contributed by atoms with van der Waals surface area (Å²) in [6.45, 7) is 3.66. The molecule has 1 N–H and O–H groups in total. The van der Waals surface area contributed by atoms with E-state index in [0.29, 0.717) is 0 Å². The van der Waals surface area contributed by atoms with Crippen molar-refractivity contribution in [3.8, 4) is 0 Å². The number of amides is 1. The standard InChI is InChI=1S/C9H13N3O3/c1-6(2)10-9(13)7-4-5-8(11(7)3)12(14)15/h4-6H,1-3H3,(H,10,13). The summed E-state index contributed by atoms with van der Waals surface area (Å²) in [4.78, 5) is 21.6. The third-order valence-corrected chi connectivity index (χ3v) is 1.93. The van der Waals surface area contributed by atoms with Crippen LogP contribution in [-0.2, 0) is 7.05 Å². The van der Waals surface area contributed by atoms with E-state index in [1.807, 2.05) is 13.8 Å². The fraction of sp³-hybridized carbons (Fsp3) is 0.444. The van der Waals surface area contributed by atoms with E-state index in [-0.39, 0.29) is 23.5 Å².